The van der Waals surface area contributed by atoms with E-state index in [2.05, 4.69) is 0 Å². The summed E-state index contributed by atoms with van der Waals surface area (Å²) < 4.78 is 52.6. The molecule has 9 heteroatoms. The second-order valence-electron chi connectivity index (χ2n) is 5.33. The minimum absolute atomic E-state index is 0.0612. The fraction of sp³-hybridized carbons (Fsp3) is 0.538. The van der Waals surface area contributed by atoms with E-state index in [0.717, 1.165) is 9.87 Å². The van der Waals surface area contributed by atoms with Crippen molar-refractivity contribution in [1.82, 2.24) is 12.9 Å². The molecule has 0 radical (unpaired) electrons. The first-order chi connectivity index (χ1) is 10.2. The molecule has 1 aromatic carbocycles. The van der Waals surface area contributed by atoms with Crippen LogP contribution in [0.5, 0.6) is 0 Å². The van der Waals surface area contributed by atoms with Crippen LogP contribution in [-0.2, 0) is 26.0 Å². The lowest BCUT2D eigenvalue weighted by molar-refractivity contribution is 0.262. The smallest absolute Gasteiger partial charge is 0.212 e. The first-order valence-corrected chi connectivity index (χ1v) is 9.93. The van der Waals surface area contributed by atoms with Gasteiger partial charge in [-0.3, -0.25) is 0 Å². The van der Waals surface area contributed by atoms with E-state index < -0.39 is 20.2 Å². The summed E-state index contributed by atoms with van der Waals surface area (Å²) in [5, 5.41) is 0. The largest absolute Gasteiger partial charge is 0.281 e. The zero-order valence-corrected chi connectivity index (χ0v) is 14.3. The molecule has 2 rings (SSSR count). The van der Waals surface area contributed by atoms with Crippen LogP contribution in [0.3, 0.4) is 0 Å². The predicted octanol–water partition coefficient (Wildman–Crippen LogP) is -0.0596. The molecule has 1 aliphatic heterocycles. The van der Waals surface area contributed by atoms with Gasteiger partial charge in [0.05, 0.1) is 5.75 Å². The summed E-state index contributed by atoms with van der Waals surface area (Å²) in [7, 11) is -3.98. The van der Waals surface area contributed by atoms with Gasteiger partial charge >= 0.3 is 0 Å². The van der Waals surface area contributed by atoms with E-state index in [9.17, 15) is 16.8 Å². The number of benzene rings is 1. The molecule has 0 saturated carbocycles. The molecule has 0 unspecified atom stereocenters. The van der Waals surface area contributed by atoms with Crippen LogP contribution in [0.1, 0.15) is 5.56 Å². The van der Waals surface area contributed by atoms with Crippen molar-refractivity contribution in [3.05, 3.63) is 35.9 Å². The SMILES string of the molecule is CN(C)S(=O)(=O)N1CCN(S(=O)(=O)Cc2ccccc2)CC1. The Morgan fingerprint density at radius 1 is 0.909 bits per heavy atom. The van der Waals surface area contributed by atoms with Gasteiger partial charge in [-0.1, -0.05) is 30.3 Å². The minimum Gasteiger partial charge on any atom is -0.212 e. The Hall–Kier alpha value is -1.00. The van der Waals surface area contributed by atoms with Crippen LogP contribution in [0.15, 0.2) is 30.3 Å². The molecule has 1 aliphatic rings. The van der Waals surface area contributed by atoms with Gasteiger partial charge in [-0.2, -0.15) is 21.3 Å². The molecule has 1 aromatic rings. The summed E-state index contributed by atoms with van der Waals surface area (Å²) in [6.45, 7) is 0.716. The van der Waals surface area contributed by atoms with Crippen molar-refractivity contribution in [2.24, 2.45) is 0 Å². The maximum absolute atomic E-state index is 12.4. The van der Waals surface area contributed by atoms with Crippen LogP contribution in [-0.4, -0.2) is 70.0 Å². The molecule has 1 heterocycles. The fourth-order valence-corrected chi connectivity index (χ4v) is 4.89. The van der Waals surface area contributed by atoms with Crippen molar-refractivity contribution in [3.8, 4) is 0 Å². The predicted molar refractivity (Wildman–Crippen MR) is 84.8 cm³/mol. The highest BCUT2D eigenvalue weighted by atomic mass is 32.2. The maximum atomic E-state index is 12.4. The first-order valence-electron chi connectivity index (χ1n) is 6.93. The van der Waals surface area contributed by atoms with Gasteiger partial charge in [-0.15, -0.1) is 0 Å². The molecule has 0 spiro atoms. The van der Waals surface area contributed by atoms with Crippen molar-refractivity contribution in [2.75, 3.05) is 40.3 Å². The van der Waals surface area contributed by atoms with E-state index >= 15 is 0 Å². The average molecular weight is 347 g/mol. The lowest BCUT2D eigenvalue weighted by Gasteiger charge is -2.34. The molecule has 0 bridgehead atoms. The summed E-state index contributed by atoms with van der Waals surface area (Å²) >= 11 is 0. The third kappa shape index (κ3) is 3.85. The lowest BCUT2D eigenvalue weighted by Crippen LogP contribution is -2.53. The number of rotatable bonds is 5. The average Bonchev–Trinajstić information content (AvgIpc) is 2.48. The number of hydrogen-bond donors (Lipinski definition) is 0. The first kappa shape index (κ1) is 17.4. The van der Waals surface area contributed by atoms with E-state index in [0.29, 0.717) is 0 Å². The molecule has 124 valence electrons. The van der Waals surface area contributed by atoms with Crippen LogP contribution < -0.4 is 0 Å². The van der Waals surface area contributed by atoms with Crippen molar-refractivity contribution >= 4 is 20.2 Å². The summed E-state index contributed by atoms with van der Waals surface area (Å²) in [6.07, 6.45) is 0. The standard InChI is InChI=1S/C13H21N3O4S2/c1-14(2)22(19,20)16-10-8-15(9-11-16)21(17,18)12-13-6-4-3-5-7-13/h3-7H,8-12H2,1-2H3. The molecular weight excluding hydrogens is 326 g/mol. The Morgan fingerprint density at radius 3 is 1.91 bits per heavy atom. The molecule has 0 N–H and O–H groups in total. The highest BCUT2D eigenvalue weighted by Gasteiger charge is 2.32. The molecular formula is C13H21N3O4S2. The molecule has 0 aromatic heterocycles. The normalized spacial score (nSPS) is 18.7. The van der Waals surface area contributed by atoms with Gasteiger partial charge in [0, 0.05) is 40.3 Å². The summed E-state index contributed by atoms with van der Waals surface area (Å²) in [5.74, 6) is -0.0612. The Bertz CT molecular complexity index is 694. The molecule has 7 nitrogen and oxygen atoms in total. The quantitative estimate of drug-likeness (QED) is 0.748. The Kier molecular flexibility index (Phi) is 5.23. The molecule has 1 saturated heterocycles. The topological polar surface area (TPSA) is 78.0 Å². The van der Waals surface area contributed by atoms with Crippen LogP contribution in [0, 0.1) is 0 Å². The highest BCUT2D eigenvalue weighted by Crippen LogP contribution is 2.16. The van der Waals surface area contributed by atoms with Crippen molar-refractivity contribution in [2.45, 2.75) is 5.75 Å². The van der Waals surface area contributed by atoms with E-state index in [-0.39, 0.29) is 31.9 Å². The molecule has 0 aliphatic carbocycles. The van der Waals surface area contributed by atoms with Gasteiger partial charge in [-0.05, 0) is 5.56 Å². The van der Waals surface area contributed by atoms with E-state index in [1.807, 2.05) is 6.07 Å². The monoisotopic (exact) mass is 347 g/mol. The zero-order chi connectivity index (χ0) is 16.4. The lowest BCUT2D eigenvalue weighted by atomic mass is 10.2. The van der Waals surface area contributed by atoms with Crippen LogP contribution in [0.25, 0.3) is 0 Å². The molecule has 0 amide bonds. The third-order valence-corrected chi connectivity index (χ3v) is 7.36. The highest BCUT2D eigenvalue weighted by molar-refractivity contribution is 7.88. The van der Waals surface area contributed by atoms with E-state index in [1.54, 1.807) is 24.3 Å². The Labute approximate surface area is 132 Å². The number of piperazine rings is 1. The third-order valence-electron chi connectivity index (χ3n) is 3.57. The summed E-state index contributed by atoms with van der Waals surface area (Å²) in [5.41, 5.74) is 0.728. The number of hydrogen-bond acceptors (Lipinski definition) is 4. The minimum atomic E-state index is -3.48. The van der Waals surface area contributed by atoms with Gasteiger partial charge in [0.25, 0.3) is 10.2 Å². The van der Waals surface area contributed by atoms with Gasteiger partial charge in [-0.25, -0.2) is 8.42 Å². The van der Waals surface area contributed by atoms with Crippen LogP contribution in [0.2, 0.25) is 0 Å². The second-order valence-corrected chi connectivity index (χ2v) is 9.44. The van der Waals surface area contributed by atoms with Gasteiger partial charge < -0.3 is 0 Å². The fourth-order valence-electron chi connectivity index (χ4n) is 2.29. The van der Waals surface area contributed by atoms with Crippen molar-refractivity contribution in [3.63, 3.8) is 0 Å². The van der Waals surface area contributed by atoms with Crippen molar-refractivity contribution in [1.29, 1.82) is 0 Å². The number of nitrogens with zero attached hydrogens (tertiary/aromatic N) is 3. The van der Waals surface area contributed by atoms with E-state index in [4.69, 9.17) is 0 Å². The summed E-state index contributed by atoms with van der Waals surface area (Å²) in [4.78, 5) is 0. The van der Waals surface area contributed by atoms with E-state index in [1.165, 1.54) is 22.7 Å². The second kappa shape index (κ2) is 6.63. The molecule has 1 fully saturated rings. The van der Waals surface area contributed by atoms with Gasteiger partial charge in [0.2, 0.25) is 10.0 Å². The van der Waals surface area contributed by atoms with Gasteiger partial charge in [0.1, 0.15) is 0 Å². The summed E-state index contributed by atoms with van der Waals surface area (Å²) in [6, 6.07) is 8.97. The van der Waals surface area contributed by atoms with Crippen LogP contribution >= 0.6 is 0 Å². The Morgan fingerprint density at radius 2 is 1.41 bits per heavy atom. The zero-order valence-electron chi connectivity index (χ0n) is 12.7. The molecule has 0 atom stereocenters. The maximum Gasteiger partial charge on any atom is 0.281 e. The van der Waals surface area contributed by atoms with Gasteiger partial charge in [0.15, 0.2) is 0 Å². The molecule has 22 heavy (non-hydrogen) atoms. The Balaban J connectivity index is 2.02. The number of sulfonamides is 1. The van der Waals surface area contributed by atoms with Crippen LogP contribution in [0.4, 0.5) is 0 Å². The van der Waals surface area contributed by atoms with Crippen molar-refractivity contribution < 1.29 is 16.8 Å².